The third-order valence-electron chi connectivity index (χ3n) is 5.35. The van der Waals surface area contributed by atoms with Crippen LogP contribution in [-0.2, 0) is 0 Å². The second-order valence-electron chi connectivity index (χ2n) is 7.00. The molecule has 23 heavy (non-hydrogen) atoms. The van der Waals surface area contributed by atoms with Gasteiger partial charge in [0.15, 0.2) is 12.4 Å². The minimum atomic E-state index is -0.313. The Kier molecular flexibility index (Phi) is 10.5. The molecule has 134 valence electrons. The number of hydrogen-bond acceptors (Lipinski definition) is 2. The Morgan fingerprint density at radius 3 is 2.39 bits per heavy atom. The molecule has 0 bridgehead atoms. The lowest BCUT2D eigenvalue weighted by Gasteiger charge is -2.40. The number of unbranched alkanes of at least 4 members (excludes halogenated alkanes) is 7. The molecule has 0 saturated carbocycles. The van der Waals surface area contributed by atoms with Crippen LogP contribution in [0.4, 0.5) is 0 Å². The molecular weight excluding hydrogens is 284 g/mol. The van der Waals surface area contributed by atoms with E-state index in [1.54, 1.807) is 0 Å². The first-order valence-corrected chi connectivity index (χ1v) is 9.88. The third kappa shape index (κ3) is 6.76. The van der Waals surface area contributed by atoms with Gasteiger partial charge in [0.25, 0.3) is 0 Å². The zero-order chi connectivity index (χ0) is 17.0. The molecule has 1 heterocycles. The molecule has 0 aromatic heterocycles. The van der Waals surface area contributed by atoms with Gasteiger partial charge in [-0.2, -0.15) is 0 Å². The largest absolute Gasteiger partial charge is 0.345 e. The Labute approximate surface area is 144 Å². The van der Waals surface area contributed by atoms with E-state index in [-0.39, 0.29) is 12.4 Å². The van der Waals surface area contributed by atoms with Gasteiger partial charge in [-0.25, -0.2) is 4.99 Å². The van der Waals surface area contributed by atoms with E-state index in [4.69, 9.17) is 0 Å². The molecule has 0 aromatic carbocycles. The molecule has 0 radical (unpaired) electrons. The maximum absolute atomic E-state index is 10.1. The molecule has 0 aromatic rings. The molecule has 3 unspecified atom stereocenters. The van der Waals surface area contributed by atoms with Gasteiger partial charge in [0.1, 0.15) is 6.54 Å². The predicted octanol–water partition coefficient (Wildman–Crippen LogP) is 5.05. The quantitative estimate of drug-likeness (QED) is 0.287. The van der Waals surface area contributed by atoms with Crippen LogP contribution in [0.2, 0.25) is 0 Å². The summed E-state index contributed by atoms with van der Waals surface area (Å²) < 4.78 is 0.739. The van der Waals surface area contributed by atoms with Crippen molar-refractivity contribution in [3.05, 3.63) is 12.2 Å². The minimum absolute atomic E-state index is 0.279. The number of rotatable bonds is 13. The van der Waals surface area contributed by atoms with Crippen LogP contribution in [0.3, 0.4) is 0 Å². The van der Waals surface area contributed by atoms with Crippen LogP contribution in [-0.4, -0.2) is 41.3 Å². The fraction of sp³-hybridized carbons (Fsp3) is 0.850. The summed E-state index contributed by atoms with van der Waals surface area (Å²) in [6.07, 6.45) is 19.5. The van der Waals surface area contributed by atoms with Crippen molar-refractivity contribution in [2.24, 2.45) is 4.99 Å². The molecule has 0 fully saturated rings. The summed E-state index contributed by atoms with van der Waals surface area (Å²) in [6, 6.07) is 0. The molecule has 0 saturated heterocycles. The van der Waals surface area contributed by atoms with Crippen LogP contribution >= 0.6 is 0 Å². The lowest BCUT2D eigenvalue weighted by molar-refractivity contribution is -0.976. The monoisotopic (exact) mass is 323 g/mol. The lowest BCUT2D eigenvalue weighted by Crippen LogP contribution is -2.57. The van der Waals surface area contributed by atoms with Crippen LogP contribution in [0.1, 0.15) is 85.0 Å². The van der Waals surface area contributed by atoms with Crippen LogP contribution in [0.5, 0.6) is 0 Å². The molecule has 1 rings (SSSR count). The van der Waals surface area contributed by atoms with E-state index in [9.17, 15) is 5.11 Å². The molecule has 1 N–H and O–H groups in total. The van der Waals surface area contributed by atoms with Crippen molar-refractivity contribution in [2.75, 3.05) is 13.1 Å². The third-order valence-corrected chi connectivity index (χ3v) is 5.35. The highest BCUT2D eigenvalue weighted by molar-refractivity contribution is 5.60. The highest BCUT2D eigenvalue weighted by Gasteiger charge is 2.41. The average Bonchev–Trinajstić information content (AvgIpc) is 2.97. The summed E-state index contributed by atoms with van der Waals surface area (Å²) in [5, 5.41) is 10.1. The van der Waals surface area contributed by atoms with Crippen molar-refractivity contribution in [1.82, 2.24) is 0 Å². The van der Waals surface area contributed by atoms with Crippen molar-refractivity contribution < 1.29 is 9.59 Å². The van der Waals surface area contributed by atoms with Crippen LogP contribution in [0, 0.1) is 0 Å². The van der Waals surface area contributed by atoms with Gasteiger partial charge in [-0.15, -0.1) is 0 Å². The van der Waals surface area contributed by atoms with E-state index in [1.165, 1.54) is 57.8 Å². The van der Waals surface area contributed by atoms with Crippen LogP contribution in [0.25, 0.3) is 0 Å². The average molecular weight is 324 g/mol. The number of allylic oxidation sites excluding steroid dienone is 2. The summed E-state index contributed by atoms with van der Waals surface area (Å²) in [5.74, 6) is 0. The molecule has 3 nitrogen and oxygen atoms in total. The molecule has 0 spiro atoms. The van der Waals surface area contributed by atoms with Crippen LogP contribution < -0.4 is 0 Å². The fourth-order valence-electron chi connectivity index (χ4n) is 3.59. The smallest absolute Gasteiger partial charge is 0.189 e. The summed E-state index contributed by atoms with van der Waals surface area (Å²) in [7, 11) is 0. The molecular formula is C20H39N2O+. The molecule has 3 heteroatoms. The lowest BCUT2D eigenvalue weighted by atomic mass is 10.1. The Bertz CT molecular complexity index is 352. The van der Waals surface area contributed by atoms with E-state index >= 15 is 0 Å². The summed E-state index contributed by atoms with van der Waals surface area (Å²) in [5.41, 5.74) is 0. The van der Waals surface area contributed by atoms with Crippen molar-refractivity contribution in [3.63, 3.8) is 0 Å². The van der Waals surface area contributed by atoms with Gasteiger partial charge >= 0.3 is 0 Å². The number of quaternary nitrogens is 1. The van der Waals surface area contributed by atoms with Gasteiger partial charge in [0.05, 0.1) is 12.8 Å². The predicted molar refractivity (Wildman–Crippen MR) is 101 cm³/mol. The van der Waals surface area contributed by atoms with E-state index < -0.39 is 0 Å². The first-order chi connectivity index (χ1) is 11.2. The number of aliphatic hydroxyl groups is 1. The van der Waals surface area contributed by atoms with E-state index in [2.05, 4.69) is 31.0 Å². The topological polar surface area (TPSA) is 32.6 Å². The molecule has 0 amide bonds. The van der Waals surface area contributed by atoms with Gasteiger partial charge in [0, 0.05) is 13.3 Å². The van der Waals surface area contributed by atoms with Crippen LogP contribution in [0.15, 0.2) is 17.1 Å². The van der Waals surface area contributed by atoms with Gasteiger partial charge in [-0.1, -0.05) is 51.2 Å². The van der Waals surface area contributed by atoms with Crippen molar-refractivity contribution in [2.45, 2.75) is 97.4 Å². The zero-order valence-electron chi connectivity index (χ0n) is 15.7. The minimum Gasteiger partial charge on any atom is -0.345 e. The van der Waals surface area contributed by atoms with Gasteiger partial charge in [-0.3, -0.25) is 4.48 Å². The maximum Gasteiger partial charge on any atom is 0.189 e. The maximum atomic E-state index is 10.1. The summed E-state index contributed by atoms with van der Waals surface area (Å²) >= 11 is 0. The second-order valence-corrected chi connectivity index (χ2v) is 7.00. The molecule has 1 aliphatic rings. The first kappa shape index (κ1) is 20.4. The number of aliphatic hydroxyl groups excluding tert-OH is 1. The Morgan fingerprint density at radius 1 is 1.09 bits per heavy atom. The fourth-order valence-corrected chi connectivity index (χ4v) is 3.59. The van der Waals surface area contributed by atoms with Crippen molar-refractivity contribution >= 4 is 6.21 Å². The SMILES string of the molecule is CCCC/C=C/CCCCCCCC1N=CC[N+]1(CC)C(C)O. The van der Waals surface area contributed by atoms with Crippen molar-refractivity contribution in [3.8, 4) is 0 Å². The Morgan fingerprint density at radius 2 is 1.74 bits per heavy atom. The van der Waals surface area contributed by atoms with E-state index in [0.717, 1.165) is 24.0 Å². The van der Waals surface area contributed by atoms with Gasteiger partial charge in [0.2, 0.25) is 0 Å². The number of nitrogens with zero attached hydrogens (tertiary/aromatic N) is 2. The van der Waals surface area contributed by atoms with Gasteiger partial charge in [-0.05, 0) is 32.6 Å². The highest BCUT2D eigenvalue weighted by Crippen LogP contribution is 2.26. The Balaban J connectivity index is 2.06. The molecule has 3 atom stereocenters. The van der Waals surface area contributed by atoms with Gasteiger partial charge < -0.3 is 5.11 Å². The molecule has 1 aliphatic heterocycles. The second kappa shape index (κ2) is 11.8. The summed E-state index contributed by atoms with van der Waals surface area (Å²) in [6.45, 7) is 8.19. The Hall–Kier alpha value is -0.670. The normalized spacial score (nSPS) is 25.5. The first-order valence-electron chi connectivity index (χ1n) is 9.88. The highest BCUT2D eigenvalue weighted by atomic mass is 16.3. The number of hydrogen-bond donors (Lipinski definition) is 1. The van der Waals surface area contributed by atoms with E-state index in [1.807, 2.05) is 13.1 Å². The standard InChI is InChI=1S/C20H39N2O/c1-4-6-7-8-9-10-11-12-13-14-15-16-20-21-17-18-22(20,5-2)19(3)23/h8-9,17,19-20,23H,4-7,10-16,18H2,1-3H3/q+1/b9-8+. The summed E-state index contributed by atoms with van der Waals surface area (Å²) in [4.78, 5) is 4.64. The molecule has 0 aliphatic carbocycles. The zero-order valence-corrected chi connectivity index (χ0v) is 15.7. The van der Waals surface area contributed by atoms with Crippen molar-refractivity contribution in [1.29, 1.82) is 0 Å². The number of aliphatic imine (C=N–C) groups is 1. The van der Waals surface area contributed by atoms with E-state index in [0.29, 0.717) is 0 Å².